The van der Waals surface area contributed by atoms with Gasteiger partial charge in [-0.2, -0.15) is 4.37 Å². The van der Waals surface area contributed by atoms with Gasteiger partial charge in [-0.25, -0.2) is 0 Å². The van der Waals surface area contributed by atoms with E-state index in [9.17, 15) is 4.79 Å². The van der Waals surface area contributed by atoms with Gasteiger partial charge < -0.3 is 5.73 Å². The Bertz CT molecular complexity index is 349. The third-order valence-electron chi connectivity index (χ3n) is 3.03. The molecule has 2 N–H and O–H groups in total. The summed E-state index contributed by atoms with van der Waals surface area (Å²) in [5.74, 6) is 0.205. The van der Waals surface area contributed by atoms with Gasteiger partial charge >= 0.3 is 0 Å². The normalized spacial score (nSPS) is 19.0. The van der Waals surface area contributed by atoms with Crippen LogP contribution in [-0.4, -0.2) is 16.7 Å². The van der Waals surface area contributed by atoms with Crippen molar-refractivity contribution in [2.75, 3.05) is 6.54 Å². The second-order valence-corrected chi connectivity index (χ2v) is 4.80. The van der Waals surface area contributed by atoms with Gasteiger partial charge in [0.25, 0.3) is 0 Å². The highest BCUT2D eigenvalue weighted by Crippen LogP contribution is 2.43. The Balaban J connectivity index is 2.23. The van der Waals surface area contributed by atoms with Gasteiger partial charge in [0.05, 0.1) is 10.6 Å². The molecule has 14 heavy (non-hydrogen) atoms. The van der Waals surface area contributed by atoms with E-state index in [1.165, 1.54) is 11.5 Å². The number of Topliss-reactive ketones (excluding diaryl/α,β-unsaturated/α-hetero) is 1. The van der Waals surface area contributed by atoms with Crippen LogP contribution in [0.25, 0.3) is 0 Å². The maximum absolute atomic E-state index is 12.1. The molecule has 0 atom stereocenters. The molecule has 1 aliphatic carbocycles. The van der Waals surface area contributed by atoms with E-state index in [0.717, 1.165) is 29.8 Å². The molecule has 1 aromatic rings. The lowest BCUT2D eigenvalue weighted by molar-refractivity contribution is 0.0641. The first-order valence-electron chi connectivity index (χ1n) is 4.86. The first-order valence-corrected chi connectivity index (χ1v) is 5.63. The summed E-state index contributed by atoms with van der Waals surface area (Å²) >= 11 is 1.29. The van der Waals surface area contributed by atoms with E-state index in [4.69, 9.17) is 5.73 Å². The van der Waals surface area contributed by atoms with Crippen LogP contribution in [0.1, 0.15) is 34.6 Å². The molecule has 0 aromatic carbocycles. The number of carbonyl (C=O) groups is 1. The second-order valence-electron chi connectivity index (χ2n) is 4.00. The summed E-state index contributed by atoms with van der Waals surface area (Å²) in [6.45, 7) is 2.38. The molecule has 1 heterocycles. The van der Waals surface area contributed by atoms with E-state index in [0.29, 0.717) is 6.54 Å². The molecule has 4 heteroatoms. The molecular weight excluding hydrogens is 196 g/mol. The minimum absolute atomic E-state index is 0.205. The first kappa shape index (κ1) is 9.80. The number of nitrogens with zero attached hydrogens (tertiary/aromatic N) is 1. The average Bonchev–Trinajstić information content (AvgIpc) is 2.50. The molecule has 0 bridgehead atoms. The van der Waals surface area contributed by atoms with Crippen LogP contribution >= 0.6 is 11.5 Å². The molecule has 0 aliphatic heterocycles. The number of aromatic nitrogens is 1. The lowest BCUT2D eigenvalue weighted by Crippen LogP contribution is -2.44. The van der Waals surface area contributed by atoms with E-state index in [1.807, 2.05) is 13.0 Å². The van der Waals surface area contributed by atoms with Crippen LogP contribution in [0, 0.1) is 12.3 Å². The zero-order valence-electron chi connectivity index (χ0n) is 8.25. The van der Waals surface area contributed by atoms with E-state index >= 15 is 0 Å². The Kier molecular flexibility index (Phi) is 2.41. The van der Waals surface area contributed by atoms with Crippen LogP contribution in [0.5, 0.6) is 0 Å². The fourth-order valence-corrected chi connectivity index (χ4v) is 2.68. The predicted octanol–water partition coefficient (Wildman–Crippen LogP) is 1.76. The number of carbonyl (C=O) groups excluding carboxylic acids is 1. The quantitative estimate of drug-likeness (QED) is 0.773. The van der Waals surface area contributed by atoms with Gasteiger partial charge in [-0.3, -0.25) is 4.79 Å². The van der Waals surface area contributed by atoms with Gasteiger partial charge in [-0.05, 0) is 37.4 Å². The van der Waals surface area contributed by atoms with Crippen molar-refractivity contribution in [2.24, 2.45) is 11.1 Å². The predicted molar refractivity (Wildman–Crippen MR) is 56.5 cm³/mol. The van der Waals surface area contributed by atoms with Gasteiger partial charge in [0, 0.05) is 12.0 Å². The maximum Gasteiger partial charge on any atom is 0.181 e. The molecule has 1 aromatic heterocycles. The number of hydrogen-bond acceptors (Lipinski definition) is 4. The summed E-state index contributed by atoms with van der Waals surface area (Å²) in [6, 6.07) is 1.86. The molecule has 0 spiro atoms. The molecule has 0 radical (unpaired) electrons. The van der Waals surface area contributed by atoms with Gasteiger partial charge in [0.15, 0.2) is 5.78 Å². The number of nitrogens with two attached hydrogens (primary N) is 1. The monoisotopic (exact) mass is 210 g/mol. The maximum atomic E-state index is 12.1. The molecule has 1 saturated carbocycles. The van der Waals surface area contributed by atoms with Gasteiger partial charge in [-0.15, -0.1) is 0 Å². The zero-order chi connectivity index (χ0) is 10.2. The SMILES string of the molecule is Cc1cc(C(=O)C2(CN)CCC2)sn1. The van der Waals surface area contributed by atoms with E-state index in [1.54, 1.807) is 0 Å². The second kappa shape index (κ2) is 3.44. The van der Waals surface area contributed by atoms with Crippen LogP contribution in [0.3, 0.4) is 0 Å². The number of hydrogen-bond donors (Lipinski definition) is 1. The van der Waals surface area contributed by atoms with Crippen molar-refractivity contribution >= 4 is 17.3 Å². The Morgan fingerprint density at radius 1 is 1.71 bits per heavy atom. The fourth-order valence-electron chi connectivity index (χ4n) is 1.86. The van der Waals surface area contributed by atoms with Crippen molar-refractivity contribution in [3.8, 4) is 0 Å². The standard InChI is InChI=1S/C10H14N2OS/c1-7-5-8(14-12-7)9(13)10(6-11)3-2-4-10/h5H,2-4,6,11H2,1H3. The van der Waals surface area contributed by atoms with Crippen LogP contribution < -0.4 is 5.73 Å². The molecule has 3 nitrogen and oxygen atoms in total. The number of ketones is 1. The highest BCUT2D eigenvalue weighted by molar-refractivity contribution is 7.08. The molecule has 76 valence electrons. The van der Waals surface area contributed by atoms with Crippen molar-refractivity contribution in [3.05, 3.63) is 16.6 Å². The van der Waals surface area contributed by atoms with Crippen LogP contribution in [0.15, 0.2) is 6.07 Å². The molecule has 2 rings (SSSR count). The van der Waals surface area contributed by atoms with E-state index < -0.39 is 0 Å². The summed E-state index contributed by atoms with van der Waals surface area (Å²) in [7, 11) is 0. The zero-order valence-corrected chi connectivity index (χ0v) is 9.06. The molecule has 0 saturated heterocycles. The molecule has 1 fully saturated rings. The van der Waals surface area contributed by atoms with Gasteiger partial charge in [0.1, 0.15) is 0 Å². The number of rotatable bonds is 3. The first-order chi connectivity index (χ1) is 6.68. The Hall–Kier alpha value is -0.740. The van der Waals surface area contributed by atoms with Crippen molar-refractivity contribution in [3.63, 3.8) is 0 Å². The largest absolute Gasteiger partial charge is 0.329 e. The van der Waals surface area contributed by atoms with Gasteiger partial charge in [-0.1, -0.05) is 6.42 Å². The Labute approximate surface area is 87.5 Å². The van der Waals surface area contributed by atoms with Crippen LogP contribution in [-0.2, 0) is 0 Å². The van der Waals surface area contributed by atoms with Crippen molar-refractivity contribution in [1.29, 1.82) is 0 Å². The average molecular weight is 210 g/mol. The lowest BCUT2D eigenvalue weighted by Gasteiger charge is -2.38. The molecule has 1 aliphatic rings. The van der Waals surface area contributed by atoms with Crippen molar-refractivity contribution in [2.45, 2.75) is 26.2 Å². The third kappa shape index (κ3) is 1.38. The third-order valence-corrected chi connectivity index (χ3v) is 3.91. The minimum Gasteiger partial charge on any atom is -0.329 e. The van der Waals surface area contributed by atoms with E-state index in [-0.39, 0.29) is 11.2 Å². The van der Waals surface area contributed by atoms with E-state index in [2.05, 4.69) is 4.37 Å². The topological polar surface area (TPSA) is 56.0 Å². The Morgan fingerprint density at radius 2 is 2.43 bits per heavy atom. The summed E-state index contributed by atoms with van der Waals surface area (Å²) < 4.78 is 4.12. The van der Waals surface area contributed by atoms with Crippen molar-refractivity contribution < 1.29 is 4.79 Å². The summed E-state index contributed by atoms with van der Waals surface area (Å²) in [4.78, 5) is 12.9. The highest BCUT2D eigenvalue weighted by Gasteiger charge is 2.43. The lowest BCUT2D eigenvalue weighted by atomic mass is 9.65. The van der Waals surface area contributed by atoms with Crippen molar-refractivity contribution in [1.82, 2.24) is 4.37 Å². The Morgan fingerprint density at radius 3 is 2.79 bits per heavy atom. The summed E-state index contributed by atoms with van der Waals surface area (Å²) in [6.07, 6.45) is 3.01. The molecular formula is C10H14N2OS. The minimum atomic E-state index is -0.251. The molecule has 0 amide bonds. The summed E-state index contributed by atoms with van der Waals surface area (Å²) in [5.41, 5.74) is 6.35. The summed E-state index contributed by atoms with van der Waals surface area (Å²) in [5, 5.41) is 0. The highest BCUT2D eigenvalue weighted by atomic mass is 32.1. The fraction of sp³-hybridized carbons (Fsp3) is 0.600. The number of aryl methyl sites for hydroxylation is 1. The van der Waals surface area contributed by atoms with Crippen LogP contribution in [0.2, 0.25) is 0 Å². The van der Waals surface area contributed by atoms with Gasteiger partial charge in [0.2, 0.25) is 0 Å². The molecule has 0 unspecified atom stereocenters. The van der Waals surface area contributed by atoms with Crippen LogP contribution in [0.4, 0.5) is 0 Å². The smallest absolute Gasteiger partial charge is 0.181 e.